The lowest BCUT2D eigenvalue weighted by Gasteiger charge is -2.14. The van der Waals surface area contributed by atoms with Crippen molar-refractivity contribution in [2.75, 3.05) is 7.11 Å². The molecule has 6 heteroatoms. The number of aliphatic hydroxyl groups excluding tert-OH is 1. The van der Waals surface area contributed by atoms with Crippen LogP contribution in [0.25, 0.3) is 11.0 Å². The predicted octanol–water partition coefficient (Wildman–Crippen LogP) is 2.71. The Morgan fingerprint density at radius 2 is 1.90 bits per heavy atom. The third kappa shape index (κ3) is 2.59. The molecule has 0 bridgehead atoms. The molecule has 0 saturated heterocycles. The van der Waals surface area contributed by atoms with Crippen LogP contribution < -0.4 is 10.4 Å². The average Bonchev–Trinajstić information content (AvgIpc) is 2.84. The Kier molecular flexibility index (Phi) is 3.57. The van der Waals surface area contributed by atoms with Gasteiger partial charge in [0.1, 0.15) is 11.9 Å². The Labute approximate surface area is 128 Å². The zero-order chi connectivity index (χ0) is 15.0. The van der Waals surface area contributed by atoms with Crippen molar-refractivity contribution in [3.05, 3.63) is 62.5 Å². The number of aromatic nitrogens is 2. The molecule has 0 amide bonds. The fourth-order valence-corrected chi connectivity index (χ4v) is 2.83. The van der Waals surface area contributed by atoms with E-state index in [1.165, 1.54) is 0 Å². The normalized spacial score (nSPS) is 12.5. The third-order valence-corrected chi connectivity index (χ3v) is 4.02. The fourth-order valence-electron chi connectivity index (χ4n) is 2.27. The van der Waals surface area contributed by atoms with Gasteiger partial charge >= 0.3 is 5.69 Å². The number of hydrogen-bond donors (Lipinski definition) is 3. The maximum absolute atomic E-state index is 11.3. The standard InChI is InChI=1S/C15H13BrN2O3/c1-21-9-4-2-3-8(5-9)14(19)10-6-12-13(7-11(10)16)18-15(20)17-12/h2-7,14,19H,1H3,(H2,17,18,20). The maximum Gasteiger partial charge on any atom is 0.323 e. The summed E-state index contributed by atoms with van der Waals surface area (Å²) < 4.78 is 5.89. The van der Waals surface area contributed by atoms with E-state index in [0.717, 1.165) is 4.47 Å². The molecule has 0 fully saturated rings. The van der Waals surface area contributed by atoms with Gasteiger partial charge in [0.05, 0.1) is 18.1 Å². The minimum absolute atomic E-state index is 0.273. The summed E-state index contributed by atoms with van der Waals surface area (Å²) >= 11 is 3.43. The van der Waals surface area contributed by atoms with Crippen molar-refractivity contribution in [2.24, 2.45) is 0 Å². The molecular weight excluding hydrogens is 336 g/mol. The first-order chi connectivity index (χ1) is 10.1. The second-order valence-electron chi connectivity index (χ2n) is 4.68. The van der Waals surface area contributed by atoms with Crippen molar-refractivity contribution in [3.8, 4) is 5.75 Å². The van der Waals surface area contributed by atoms with E-state index >= 15 is 0 Å². The molecule has 0 radical (unpaired) electrons. The second-order valence-corrected chi connectivity index (χ2v) is 5.53. The fraction of sp³-hybridized carbons (Fsp3) is 0.133. The van der Waals surface area contributed by atoms with Crippen LogP contribution in [0.3, 0.4) is 0 Å². The van der Waals surface area contributed by atoms with Gasteiger partial charge < -0.3 is 19.8 Å². The van der Waals surface area contributed by atoms with Crippen LogP contribution >= 0.6 is 15.9 Å². The van der Waals surface area contributed by atoms with Crippen LogP contribution in [0.2, 0.25) is 0 Å². The third-order valence-electron chi connectivity index (χ3n) is 3.34. The number of aliphatic hydroxyl groups is 1. The van der Waals surface area contributed by atoms with Gasteiger partial charge in [0.25, 0.3) is 0 Å². The zero-order valence-electron chi connectivity index (χ0n) is 11.2. The van der Waals surface area contributed by atoms with Crippen LogP contribution in [-0.2, 0) is 0 Å². The summed E-state index contributed by atoms with van der Waals surface area (Å²) in [6, 6.07) is 10.8. The number of methoxy groups -OCH3 is 1. The number of H-pyrrole nitrogens is 2. The Morgan fingerprint density at radius 1 is 1.19 bits per heavy atom. The number of ether oxygens (including phenoxy) is 1. The van der Waals surface area contributed by atoms with Gasteiger partial charge in [0.2, 0.25) is 0 Å². The molecule has 21 heavy (non-hydrogen) atoms. The molecule has 3 N–H and O–H groups in total. The van der Waals surface area contributed by atoms with Crippen LogP contribution in [0.4, 0.5) is 0 Å². The summed E-state index contributed by atoms with van der Waals surface area (Å²) in [5, 5.41) is 10.6. The average molecular weight is 349 g/mol. The Hall–Kier alpha value is -2.05. The Morgan fingerprint density at radius 3 is 2.62 bits per heavy atom. The lowest BCUT2D eigenvalue weighted by Crippen LogP contribution is -2.01. The Bertz CT molecular complexity index is 853. The quantitative estimate of drug-likeness (QED) is 0.680. The number of fused-ring (bicyclic) bond motifs is 1. The van der Waals surface area contributed by atoms with E-state index < -0.39 is 6.10 Å². The maximum atomic E-state index is 11.3. The highest BCUT2D eigenvalue weighted by Crippen LogP contribution is 2.32. The van der Waals surface area contributed by atoms with E-state index in [-0.39, 0.29) is 5.69 Å². The molecule has 3 rings (SSSR count). The number of benzene rings is 2. The van der Waals surface area contributed by atoms with Crippen molar-refractivity contribution in [1.82, 2.24) is 9.97 Å². The van der Waals surface area contributed by atoms with Crippen molar-refractivity contribution >= 4 is 27.0 Å². The first-order valence-electron chi connectivity index (χ1n) is 6.32. The first-order valence-corrected chi connectivity index (χ1v) is 7.11. The SMILES string of the molecule is COc1cccc(C(O)c2cc3[nH]c(=O)[nH]c3cc2Br)c1. The summed E-state index contributed by atoms with van der Waals surface area (Å²) in [5.74, 6) is 0.679. The molecule has 1 heterocycles. The van der Waals surface area contributed by atoms with Gasteiger partial charge in [0.15, 0.2) is 0 Å². The number of aromatic amines is 2. The second kappa shape index (κ2) is 5.38. The number of rotatable bonds is 3. The molecule has 0 aliphatic carbocycles. The highest BCUT2D eigenvalue weighted by Gasteiger charge is 2.16. The van der Waals surface area contributed by atoms with Crippen molar-refractivity contribution in [2.45, 2.75) is 6.10 Å². The lowest BCUT2D eigenvalue weighted by molar-refractivity contribution is 0.219. The monoisotopic (exact) mass is 348 g/mol. The summed E-state index contributed by atoms with van der Waals surface area (Å²) in [5.41, 5.74) is 2.46. The first kappa shape index (κ1) is 13.9. The van der Waals surface area contributed by atoms with E-state index in [4.69, 9.17) is 4.74 Å². The molecule has 2 aromatic carbocycles. The van der Waals surface area contributed by atoms with Crippen LogP contribution in [0.1, 0.15) is 17.2 Å². The van der Waals surface area contributed by atoms with Crippen LogP contribution in [0.5, 0.6) is 5.75 Å². The summed E-state index contributed by atoms with van der Waals surface area (Å²) in [6.07, 6.45) is -0.822. The molecule has 108 valence electrons. The number of nitrogens with one attached hydrogen (secondary N) is 2. The van der Waals surface area contributed by atoms with E-state index in [1.807, 2.05) is 18.2 Å². The number of hydrogen-bond acceptors (Lipinski definition) is 3. The summed E-state index contributed by atoms with van der Waals surface area (Å²) in [4.78, 5) is 16.7. The smallest absolute Gasteiger partial charge is 0.323 e. The molecule has 3 aromatic rings. The molecule has 0 aliphatic heterocycles. The highest BCUT2D eigenvalue weighted by molar-refractivity contribution is 9.10. The van der Waals surface area contributed by atoms with E-state index in [2.05, 4.69) is 25.9 Å². The molecule has 0 saturated carbocycles. The minimum Gasteiger partial charge on any atom is -0.497 e. The predicted molar refractivity (Wildman–Crippen MR) is 83.7 cm³/mol. The molecule has 1 unspecified atom stereocenters. The van der Waals surface area contributed by atoms with Crippen LogP contribution in [0.15, 0.2) is 45.7 Å². The van der Waals surface area contributed by atoms with Crippen LogP contribution in [0, 0.1) is 0 Å². The zero-order valence-corrected chi connectivity index (χ0v) is 12.8. The van der Waals surface area contributed by atoms with Crippen molar-refractivity contribution in [1.29, 1.82) is 0 Å². The van der Waals surface area contributed by atoms with Gasteiger partial charge in [-0.05, 0) is 29.8 Å². The molecular formula is C15H13BrN2O3. The Balaban J connectivity index is 2.09. The molecule has 1 aromatic heterocycles. The number of halogens is 1. The topological polar surface area (TPSA) is 78.1 Å². The summed E-state index contributed by atoms with van der Waals surface area (Å²) in [7, 11) is 1.58. The van der Waals surface area contributed by atoms with Crippen molar-refractivity contribution < 1.29 is 9.84 Å². The molecule has 0 aliphatic rings. The largest absolute Gasteiger partial charge is 0.497 e. The molecule has 0 spiro atoms. The van der Waals surface area contributed by atoms with Gasteiger partial charge in [-0.2, -0.15) is 0 Å². The van der Waals surface area contributed by atoms with Crippen LogP contribution in [-0.4, -0.2) is 22.2 Å². The van der Waals surface area contributed by atoms with E-state index in [9.17, 15) is 9.90 Å². The number of imidazole rings is 1. The van der Waals surface area contributed by atoms with Crippen molar-refractivity contribution in [3.63, 3.8) is 0 Å². The van der Waals surface area contributed by atoms with Gasteiger partial charge in [-0.1, -0.05) is 28.1 Å². The van der Waals surface area contributed by atoms with E-state index in [1.54, 1.807) is 25.3 Å². The summed E-state index contributed by atoms with van der Waals surface area (Å²) in [6.45, 7) is 0. The van der Waals surface area contributed by atoms with Gasteiger partial charge in [0, 0.05) is 10.0 Å². The minimum atomic E-state index is -0.822. The molecule has 1 atom stereocenters. The van der Waals surface area contributed by atoms with Gasteiger partial charge in [-0.25, -0.2) is 4.79 Å². The van der Waals surface area contributed by atoms with Gasteiger partial charge in [-0.3, -0.25) is 0 Å². The van der Waals surface area contributed by atoms with Gasteiger partial charge in [-0.15, -0.1) is 0 Å². The molecule has 5 nitrogen and oxygen atoms in total. The highest BCUT2D eigenvalue weighted by atomic mass is 79.9. The van der Waals surface area contributed by atoms with E-state index in [0.29, 0.717) is 27.9 Å². The lowest BCUT2D eigenvalue weighted by atomic mass is 10.0.